The monoisotopic (exact) mass is 728 g/mol. The largest absolute Gasteiger partial charge is 0.457 e. The molecule has 6 aromatic rings. The van der Waals surface area contributed by atoms with Gasteiger partial charge in [0.2, 0.25) is 5.41 Å². The van der Waals surface area contributed by atoms with Crippen molar-refractivity contribution in [2.45, 2.75) is 17.8 Å². The van der Waals surface area contributed by atoms with Crippen LogP contribution < -0.4 is 31.8 Å². The zero-order valence-corrected chi connectivity index (χ0v) is 27.5. The highest BCUT2D eigenvalue weighted by Crippen LogP contribution is 2.56. The summed E-state index contributed by atoms with van der Waals surface area (Å²) in [5.74, 6) is 0.642. The molecule has 6 aromatic carbocycles. The molecule has 0 spiro atoms. The zero-order valence-electron chi connectivity index (χ0n) is 27.5. The van der Waals surface area contributed by atoms with Crippen molar-refractivity contribution < 1.29 is 35.8 Å². The summed E-state index contributed by atoms with van der Waals surface area (Å²) in [4.78, 5) is 0. The summed E-state index contributed by atoms with van der Waals surface area (Å²) in [5, 5.41) is 8.22. The molecular weight excluding hydrogens is 698 g/mol. The van der Waals surface area contributed by atoms with E-state index in [0.29, 0.717) is 34.2 Å². The summed E-state index contributed by atoms with van der Waals surface area (Å²) in [6, 6.07) is 33.8. The maximum Gasteiger partial charge on any atom is 0.411 e. The van der Waals surface area contributed by atoms with Crippen LogP contribution in [-0.4, -0.2) is 12.4 Å². The predicted octanol–water partition coefficient (Wildman–Crippen LogP) is 11.7. The first kappa shape index (κ1) is 36.1. The van der Waals surface area contributed by atoms with E-state index in [2.05, 4.69) is 21.1 Å². The molecule has 8 nitrogen and oxygen atoms in total. The van der Waals surface area contributed by atoms with Gasteiger partial charge in [-0.05, 0) is 132 Å². The van der Waals surface area contributed by atoms with Gasteiger partial charge in [-0.15, -0.1) is 0 Å². The molecule has 270 valence electrons. The molecule has 0 bridgehead atoms. The third kappa shape index (κ3) is 8.28. The van der Waals surface area contributed by atoms with Gasteiger partial charge in [0.1, 0.15) is 23.0 Å². The number of benzene rings is 6. The summed E-state index contributed by atoms with van der Waals surface area (Å²) < 4.78 is 100. The Balaban J connectivity index is 1.16. The van der Waals surface area contributed by atoms with Crippen LogP contribution in [0.1, 0.15) is 11.1 Å². The number of nitrogens with two attached hydrogens (primary N) is 2. The molecule has 14 heteroatoms. The Morgan fingerprint density at radius 2 is 0.679 bits per heavy atom. The predicted molar refractivity (Wildman–Crippen MR) is 192 cm³/mol. The lowest BCUT2D eigenvalue weighted by atomic mass is 9.73. The molecule has 53 heavy (non-hydrogen) atoms. The van der Waals surface area contributed by atoms with Crippen LogP contribution in [0.15, 0.2) is 156 Å². The highest BCUT2D eigenvalue weighted by atomic mass is 19.4. The number of halogens is 6. The Morgan fingerprint density at radius 3 is 1.04 bits per heavy atom. The fourth-order valence-electron chi connectivity index (χ4n) is 5.35. The normalized spacial score (nSPS) is 12.0. The first-order valence-corrected chi connectivity index (χ1v) is 15.9. The van der Waals surface area contributed by atoms with Gasteiger partial charge in [0.25, 0.3) is 0 Å². The highest BCUT2D eigenvalue weighted by Gasteiger charge is 2.72. The topological polar surface area (TPSA) is 119 Å². The van der Waals surface area contributed by atoms with Gasteiger partial charge in [-0.1, -0.05) is 24.3 Å². The van der Waals surface area contributed by atoms with Crippen LogP contribution in [0.3, 0.4) is 0 Å². The average Bonchev–Trinajstić information content (AvgIpc) is 3.13. The molecule has 0 saturated carbocycles. The summed E-state index contributed by atoms with van der Waals surface area (Å²) >= 11 is 0. The van der Waals surface area contributed by atoms with Gasteiger partial charge in [0.15, 0.2) is 0 Å². The smallest absolute Gasteiger partial charge is 0.411 e. The standard InChI is InChI=1S/C39H30F6N6O2/c40-38(41,42)37(39(43,44)45,25-1-17-33(18-2-25)52-35-21-13-31(14-22-35)50-48-29-9-5-27(46)6-10-29)26-3-19-34(20-4-26)53-36-23-15-32(16-24-36)51-49-30-11-7-28(47)8-12-30/h1-24,48,50H,46-47H2. The van der Waals surface area contributed by atoms with Crippen LogP contribution in [0.4, 0.5) is 60.5 Å². The van der Waals surface area contributed by atoms with E-state index in [-0.39, 0.29) is 17.2 Å². The van der Waals surface area contributed by atoms with Gasteiger partial charge in [-0.25, -0.2) is 0 Å². The lowest BCUT2D eigenvalue weighted by molar-refractivity contribution is -0.288. The quantitative estimate of drug-likeness (QED) is 0.0456. The molecule has 0 heterocycles. The lowest BCUT2D eigenvalue weighted by Crippen LogP contribution is -2.54. The molecule has 0 saturated heterocycles. The number of hydrogen-bond donors (Lipinski definition) is 4. The first-order valence-electron chi connectivity index (χ1n) is 15.9. The minimum Gasteiger partial charge on any atom is -0.457 e. The van der Waals surface area contributed by atoms with E-state index in [1.54, 1.807) is 84.9 Å². The molecule has 0 radical (unpaired) electrons. The van der Waals surface area contributed by atoms with E-state index in [9.17, 15) is 26.3 Å². The Kier molecular flexibility index (Phi) is 10.1. The van der Waals surface area contributed by atoms with Gasteiger partial charge >= 0.3 is 12.4 Å². The minimum atomic E-state index is -5.77. The van der Waals surface area contributed by atoms with E-state index in [1.807, 2.05) is 0 Å². The zero-order chi connectivity index (χ0) is 37.6. The van der Waals surface area contributed by atoms with Gasteiger partial charge in [-0.3, -0.25) is 0 Å². The van der Waals surface area contributed by atoms with Crippen LogP contribution in [0.5, 0.6) is 23.0 Å². The van der Waals surface area contributed by atoms with Crippen molar-refractivity contribution in [3.63, 3.8) is 0 Å². The summed E-state index contributed by atoms with van der Waals surface area (Å²) in [6.45, 7) is 0. The Labute approximate surface area is 299 Å². The fourth-order valence-corrected chi connectivity index (χ4v) is 5.35. The van der Waals surface area contributed by atoms with Gasteiger partial charge in [0.05, 0.1) is 22.7 Å². The Bertz CT molecular complexity index is 2120. The molecule has 0 amide bonds. The molecule has 0 aromatic heterocycles. The summed E-state index contributed by atoms with van der Waals surface area (Å²) in [5.41, 5.74) is 14.6. The number of alkyl halides is 6. The van der Waals surface area contributed by atoms with Crippen molar-refractivity contribution in [2.75, 3.05) is 22.3 Å². The molecule has 0 aliphatic rings. The number of nitrogens with one attached hydrogen (secondary N) is 2. The van der Waals surface area contributed by atoms with Crippen molar-refractivity contribution >= 4 is 34.1 Å². The van der Waals surface area contributed by atoms with Crippen LogP contribution in [0.25, 0.3) is 0 Å². The second-order valence-corrected chi connectivity index (χ2v) is 11.7. The van der Waals surface area contributed by atoms with Gasteiger partial charge < -0.3 is 31.8 Å². The Hall–Kier alpha value is -6.70. The molecule has 0 atom stereocenters. The number of hydrazine groups is 1. The second kappa shape index (κ2) is 14.9. The molecule has 6 N–H and O–H groups in total. The molecule has 0 aliphatic heterocycles. The van der Waals surface area contributed by atoms with Crippen molar-refractivity contribution in [3.05, 3.63) is 157 Å². The van der Waals surface area contributed by atoms with E-state index in [0.717, 1.165) is 54.2 Å². The van der Waals surface area contributed by atoms with Gasteiger partial charge in [0, 0.05) is 11.4 Å². The number of nitrogens with zero attached hydrogens (tertiary/aromatic N) is 2. The van der Waals surface area contributed by atoms with Crippen LogP contribution >= 0.6 is 0 Å². The number of ether oxygens (including phenoxy) is 2. The SMILES string of the molecule is Nc1ccc(N=Nc2ccc(Oc3ccc(C(c4ccc(Oc5ccc(NNc6ccc(N)cc6)cc5)cc4)(C(F)(F)F)C(F)(F)F)cc3)cc2)cc1. The van der Waals surface area contributed by atoms with E-state index < -0.39 is 28.9 Å². The van der Waals surface area contributed by atoms with Crippen molar-refractivity contribution in [1.82, 2.24) is 0 Å². The van der Waals surface area contributed by atoms with Gasteiger partial charge in [-0.2, -0.15) is 36.6 Å². The Morgan fingerprint density at radius 1 is 0.396 bits per heavy atom. The van der Waals surface area contributed by atoms with Crippen molar-refractivity contribution in [1.29, 1.82) is 0 Å². The number of anilines is 4. The third-order valence-corrected chi connectivity index (χ3v) is 8.02. The second-order valence-electron chi connectivity index (χ2n) is 11.7. The number of hydrogen-bond acceptors (Lipinski definition) is 8. The maximum absolute atomic E-state index is 14.8. The van der Waals surface area contributed by atoms with Crippen LogP contribution in [0.2, 0.25) is 0 Å². The third-order valence-electron chi connectivity index (χ3n) is 8.02. The fraction of sp³-hybridized carbons (Fsp3) is 0.0769. The van der Waals surface area contributed by atoms with E-state index in [4.69, 9.17) is 20.9 Å². The lowest BCUT2D eigenvalue weighted by Gasteiger charge is -2.38. The van der Waals surface area contributed by atoms with Crippen LogP contribution in [0, 0.1) is 0 Å². The molecule has 6 rings (SSSR count). The van der Waals surface area contributed by atoms with E-state index >= 15 is 0 Å². The number of rotatable bonds is 11. The summed E-state index contributed by atoms with van der Waals surface area (Å²) in [6.07, 6.45) is -11.5. The molecule has 0 fully saturated rings. The first-order chi connectivity index (χ1) is 25.3. The maximum atomic E-state index is 14.8. The van der Waals surface area contributed by atoms with Crippen LogP contribution in [-0.2, 0) is 5.41 Å². The minimum absolute atomic E-state index is 0.0225. The van der Waals surface area contributed by atoms with Crippen molar-refractivity contribution in [2.24, 2.45) is 10.2 Å². The number of azo groups is 1. The molecule has 0 unspecified atom stereocenters. The average molecular weight is 729 g/mol. The molecule has 0 aliphatic carbocycles. The van der Waals surface area contributed by atoms with E-state index in [1.165, 1.54) is 12.1 Å². The summed E-state index contributed by atoms with van der Waals surface area (Å²) in [7, 11) is 0. The van der Waals surface area contributed by atoms with Crippen molar-refractivity contribution in [3.8, 4) is 23.0 Å². The highest BCUT2D eigenvalue weighted by molar-refractivity contribution is 5.57. The number of nitrogen functional groups attached to an aromatic ring is 2. The molecular formula is C39H30F6N6O2.